The second-order valence-electron chi connectivity index (χ2n) is 6.54. The highest BCUT2D eigenvalue weighted by Gasteiger charge is 2.35. The van der Waals surface area contributed by atoms with E-state index >= 15 is 0 Å². The topological polar surface area (TPSA) is 12.0 Å². The quantitative estimate of drug-likeness (QED) is 0.807. The molecule has 1 N–H and O–H groups in total. The lowest BCUT2D eigenvalue weighted by atomic mass is 9.73. The van der Waals surface area contributed by atoms with E-state index in [0.29, 0.717) is 5.41 Å². The smallest absolute Gasteiger partial charge is 0.0121 e. The van der Waals surface area contributed by atoms with E-state index in [4.69, 9.17) is 0 Å². The van der Waals surface area contributed by atoms with Crippen molar-refractivity contribution in [3.8, 4) is 0 Å². The lowest BCUT2D eigenvalue weighted by Crippen LogP contribution is -2.48. The Kier molecular flexibility index (Phi) is 4.82. The molecule has 0 spiro atoms. The zero-order valence-electron chi connectivity index (χ0n) is 11.8. The molecule has 0 aromatic rings. The van der Waals surface area contributed by atoms with Gasteiger partial charge in [0.05, 0.1) is 0 Å². The molecule has 100 valence electrons. The third-order valence-electron chi connectivity index (χ3n) is 4.73. The Bertz CT molecular complexity index is 239. The van der Waals surface area contributed by atoms with Gasteiger partial charge in [0.2, 0.25) is 0 Å². The Balaban J connectivity index is 1.81. The Labute approximate surface area is 112 Å². The molecule has 3 atom stereocenters. The number of rotatable bonds is 4. The van der Waals surface area contributed by atoms with Gasteiger partial charge in [0.15, 0.2) is 0 Å². The molecule has 0 aromatic heterocycles. The fraction of sp³-hybridized carbons (Fsp3) is 1.00. The average molecular weight is 255 g/mol. The first kappa shape index (κ1) is 13.7. The van der Waals surface area contributed by atoms with Crippen LogP contribution in [0.4, 0.5) is 0 Å². The fourth-order valence-electron chi connectivity index (χ4n) is 3.57. The summed E-state index contributed by atoms with van der Waals surface area (Å²) in [5.41, 5.74) is 0.522. The van der Waals surface area contributed by atoms with Crippen molar-refractivity contribution in [3.63, 3.8) is 0 Å². The number of hydrogen-bond donors (Lipinski definition) is 1. The SMILES string of the molecule is CCSC1CCC(NC2CCCCC2(C)C)C1. The van der Waals surface area contributed by atoms with Gasteiger partial charge in [-0.15, -0.1) is 0 Å². The molecule has 0 aromatic carbocycles. The molecule has 2 rings (SSSR count). The Morgan fingerprint density at radius 3 is 2.71 bits per heavy atom. The second-order valence-corrected chi connectivity index (χ2v) is 8.12. The summed E-state index contributed by atoms with van der Waals surface area (Å²) in [6.07, 6.45) is 9.92. The lowest BCUT2D eigenvalue weighted by molar-refractivity contribution is 0.155. The molecule has 0 radical (unpaired) electrons. The van der Waals surface area contributed by atoms with Gasteiger partial charge in [-0.25, -0.2) is 0 Å². The number of thioether (sulfide) groups is 1. The molecular weight excluding hydrogens is 226 g/mol. The van der Waals surface area contributed by atoms with Crippen LogP contribution in [0.2, 0.25) is 0 Å². The molecule has 2 aliphatic carbocycles. The van der Waals surface area contributed by atoms with Crippen LogP contribution in [0, 0.1) is 5.41 Å². The van der Waals surface area contributed by atoms with E-state index in [1.807, 2.05) is 0 Å². The average Bonchev–Trinajstić information content (AvgIpc) is 2.70. The minimum absolute atomic E-state index is 0.522. The van der Waals surface area contributed by atoms with Crippen LogP contribution in [-0.4, -0.2) is 23.1 Å². The molecule has 0 amide bonds. The van der Waals surface area contributed by atoms with Crippen molar-refractivity contribution in [1.29, 1.82) is 0 Å². The predicted molar refractivity (Wildman–Crippen MR) is 78.7 cm³/mol. The molecule has 2 heteroatoms. The van der Waals surface area contributed by atoms with Gasteiger partial charge < -0.3 is 5.32 Å². The van der Waals surface area contributed by atoms with Crippen LogP contribution in [0.15, 0.2) is 0 Å². The Morgan fingerprint density at radius 1 is 1.18 bits per heavy atom. The van der Waals surface area contributed by atoms with E-state index in [9.17, 15) is 0 Å². The van der Waals surface area contributed by atoms with E-state index in [2.05, 4.69) is 37.8 Å². The molecule has 17 heavy (non-hydrogen) atoms. The van der Waals surface area contributed by atoms with E-state index in [1.54, 1.807) is 0 Å². The maximum Gasteiger partial charge on any atom is 0.0121 e. The van der Waals surface area contributed by atoms with Crippen LogP contribution in [0.25, 0.3) is 0 Å². The van der Waals surface area contributed by atoms with E-state index in [-0.39, 0.29) is 0 Å². The van der Waals surface area contributed by atoms with Crippen LogP contribution in [0.5, 0.6) is 0 Å². The largest absolute Gasteiger partial charge is 0.311 e. The third-order valence-corrected chi connectivity index (χ3v) is 5.96. The molecule has 0 aliphatic heterocycles. The van der Waals surface area contributed by atoms with Gasteiger partial charge in [0.25, 0.3) is 0 Å². The van der Waals surface area contributed by atoms with Crippen LogP contribution in [0.3, 0.4) is 0 Å². The monoisotopic (exact) mass is 255 g/mol. The van der Waals surface area contributed by atoms with Crippen molar-refractivity contribution in [2.45, 2.75) is 83.1 Å². The van der Waals surface area contributed by atoms with Crippen LogP contribution >= 0.6 is 11.8 Å². The van der Waals surface area contributed by atoms with Crippen molar-refractivity contribution in [2.75, 3.05) is 5.75 Å². The van der Waals surface area contributed by atoms with Gasteiger partial charge in [-0.3, -0.25) is 0 Å². The first-order valence-corrected chi connectivity index (χ1v) is 8.54. The summed E-state index contributed by atoms with van der Waals surface area (Å²) in [5, 5.41) is 4.92. The summed E-state index contributed by atoms with van der Waals surface area (Å²) in [4.78, 5) is 0. The van der Waals surface area contributed by atoms with Crippen molar-refractivity contribution < 1.29 is 0 Å². The fourth-order valence-corrected chi connectivity index (χ4v) is 4.71. The van der Waals surface area contributed by atoms with E-state index in [1.165, 1.54) is 50.7 Å². The van der Waals surface area contributed by atoms with Crippen molar-refractivity contribution >= 4 is 11.8 Å². The molecule has 2 aliphatic rings. The first-order valence-electron chi connectivity index (χ1n) is 7.49. The standard InChI is InChI=1S/C15H29NS/c1-4-17-13-9-8-12(11-13)16-14-7-5-6-10-15(14,2)3/h12-14,16H,4-11H2,1-3H3. The van der Waals surface area contributed by atoms with Crippen LogP contribution in [0.1, 0.15) is 65.7 Å². The predicted octanol–water partition coefficient (Wildman–Crippen LogP) is 4.22. The van der Waals surface area contributed by atoms with Crippen molar-refractivity contribution in [2.24, 2.45) is 5.41 Å². The van der Waals surface area contributed by atoms with Crippen LogP contribution < -0.4 is 5.32 Å². The molecular formula is C15H29NS. The number of nitrogens with one attached hydrogen (secondary N) is 1. The Morgan fingerprint density at radius 2 is 2.00 bits per heavy atom. The van der Waals surface area contributed by atoms with E-state index in [0.717, 1.165) is 17.3 Å². The van der Waals surface area contributed by atoms with Gasteiger partial charge in [-0.05, 0) is 43.3 Å². The molecule has 2 fully saturated rings. The van der Waals surface area contributed by atoms with Gasteiger partial charge in [-0.2, -0.15) is 11.8 Å². The van der Waals surface area contributed by atoms with Gasteiger partial charge in [-0.1, -0.05) is 33.6 Å². The van der Waals surface area contributed by atoms with Gasteiger partial charge in [0.1, 0.15) is 0 Å². The maximum atomic E-state index is 3.98. The molecule has 1 nitrogen and oxygen atoms in total. The van der Waals surface area contributed by atoms with Gasteiger partial charge in [0, 0.05) is 17.3 Å². The van der Waals surface area contributed by atoms with Gasteiger partial charge >= 0.3 is 0 Å². The normalized spacial score (nSPS) is 37.2. The Hall–Kier alpha value is 0.310. The molecule has 3 unspecified atom stereocenters. The van der Waals surface area contributed by atoms with E-state index < -0.39 is 0 Å². The highest BCUT2D eigenvalue weighted by Crippen LogP contribution is 2.37. The summed E-state index contributed by atoms with van der Waals surface area (Å²) in [6, 6.07) is 1.58. The molecule has 0 heterocycles. The summed E-state index contributed by atoms with van der Waals surface area (Å²) < 4.78 is 0. The maximum absolute atomic E-state index is 3.98. The molecule has 2 saturated carbocycles. The highest BCUT2D eigenvalue weighted by atomic mass is 32.2. The summed E-state index contributed by atoms with van der Waals surface area (Å²) >= 11 is 2.16. The summed E-state index contributed by atoms with van der Waals surface area (Å²) in [7, 11) is 0. The zero-order chi connectivity index (χ0) is 12.3. The first-order chi connectivity index (χ1) is 8.12. The second kappa shape index (κ2) is 5.97. The van der Waals surface area contributed by atoms with Crippen molar-refractivity contribution in [1.82, 2.24) is 5.32 Å². The summed E-state index contributed by atoms with van der Waals surface area (Å²) in [6.45, 7) is 7.20. The minimum atomic E-state index is 0.522. The minimum Gasteiger partial charge on any atom is -0.311 e. The highest BCUT2D eigenvalue weighted by molar-refractivity contribution is 7.99. The lowest BCUT2D eigenvalue weighted by Gasteiger charge is -2.40. The number of hydrogen-bond acceptors (Lipinski definition) is 2. The van der Waals surface area contributed by atoms with Crippen LogP contribution in [-0.2, 0) is 0 Å². The molecule has 0 bridgehead atoms. The van der Waals surface area contributed by atoms with Crippen molar-refractivity contribution in [3.05, 3.63) is 0 Å². The summed E-state index contributed by atoms with van der Waals surface area (Å²) in [5.74, 6) is 1.28. The third kappa shape index (κ3) is 3.64. The molecule has 0 saturated heterocycles. The zero-order valence-corrected chi connectivity index (χ0v) is 12.6.